The molecule has 0 aliphatic rings. The predicted molar refractivity (Wildman–Crippen MR) is 48.7 cm³/mol. The van der Waals surface area contributed by atoms with E-state index in [-0.39, 0.29) is 11.3 Å². The van der Waals surface area contributed by atoms with Gasteiger partial charge in [-0.1, -0.05) is 26.0 Å². The molecule has 0 spiro atoms. The van der Waals surface area contributed by atoms with Crippen LogP contribution in [0.3, 0.4) is 0 Å². The summed E-state index contributed by atoms with van der Waals surface area (Å²) < 4.78 is 0. The van der Waals surface area contributed by atoms with E-state index in [1.54, 1.807) is 12.1 Å². The fourth-order valence-corrected chi connectivity index (χ4v) is 0.726. The van der Waals surface area contributed by atoms with Gasteiger partial charge in [0.25, 0.3) is 5.91 Å². The van der Waals surface area contributed by atoms with Crippen molar-refractivity contribution in [2.75, 3.05) is 0 Å². The molecule has 72 valence electrons. The molecule has 3 N–H and O–H groups in total. The summed E-state index contributed by atoms with van der Waals surface area (Å²) >= 11 is 0. The van der Waals surface area contributed by atoms with E-state index in [9.17, 15) is 4.79 Å². The highest BCUT2D eigenvalue weighted by atomic mass is 16.5. The first kappa shape index (κ1) is 11.4. The molecule has 4 nitrogen and oxygen atoms in total. The number of carbonyl (C=O) groups is 1. The lowest BCUT2D eigenvalue weighted by molar-refractivity contribution is 0.0703. The van der Waals surface area contributed by atoms with Gasteiger partial charge in [0.2, 0.25) is 0 Å². The van der Waals surface area contributed by atoms with Crippen molar-refractivity contribution < 1.29 is 15.1 Å². The van der Waals surface area contributed by atoms with E-state index in [4.69, 9.17) is 10.3 Å². The fraction of sp³-hybridized carbons (Fsp3) is 0.222. The molecule has 1 amide bonds. The van der Waals surface area contributed by atoms with Crippen LogP contribution in [-0.4, -0.2) is 16.2 Å². The Hall–Kier alpha value is -1.55. The van der Waals surface area contributed by atoms with Crippen LogP contribution >= 0.6 is 0 Å². The minimum absolute atomic E-state index is 0.0509. The average molecular weight is 183 g/mol. The largest absolute Gasteiger partial charge is 0.507 e. The second-order valence-corrected chi connectivity index (χ2v) is 1.96. The van der Waals surface area contributed by atoms with Crippen LogP contribution in [0.25, 0.3) is 0 Å². The highest BCUT2D eigenvalue weighted by Gasteiger charge is 2.07. The Bertz CT molecular complexity index is 273. The smallest absolute Gasteiger partial charge is 0.278 e. The number of phenolic OH excluding ortho intramolecular Hbond substituents is 1. The third-order valence-corrected chi connectivity index (χ3v) is 1.25. The lowest BCUT2D eigenvalue weighted by Gasteiger charge is -1.99. The molecule has 0 saturated carbocycles. The second kappa shape index (κ2) is 6.02. The summed E-state index contributed by atoms with van der Waals surface area (Å²) in [5.41, 5.74) is 1.47. The van der Waals surface area contributed by atoms with Gasteiger partial charge in [0.05, 0.1) is 5.56 Å². The van der Waals surface area contributed by atoms with Gasteiger partial charge in [-0.25, -0.2) is 5.48 Å². The minimum Gasteiger partial charge on any atom is -0.507 e. The molecule has 0 radical (unpaired) electrons. The number of hydroxylamine groups is 1. The zero-order valence-electron chi connectivity index (χ0n) is 7.61. The third-order valence-electron chi connectivity index (χ3n) is 1.25. The first-order chi connectivity index (χ1) is 6.25. The molecule has 0 fully saturated rings. The average Bonchev–Trinajstić information content (AvgIpc) is 2.20. The second-order valence-electron chi connectivity index (χ2n) is 1.96. The van der Waals surface area contributed by atoms with Gasteiger partial charge in [-0.15, -0.1) is 0 Å². The van der Waals surface area contributed by atoms with Gasteiger partial charge in [0.1, 0.15) is 5.75 Å². The normalized spacial score (nSPS) is 8.23. The summed E-state index contributed by atoms with van der Waals surface area (Å²) in [7, 11) is 0. The standard InChI is InChI=1S/C7H7NO3.C2H6/c9-6-4-2-1-3-5(6)7(10)8-11;1-2/h1-4,9,11H,(H,8,10);1-2H3. The van der Waals surface area contributed by atoms with E-state index in [1.165, 1.54) is 17.6 Å². The number of carbonyl (C=O) groups excluding carboxylic acids is 1. The molecule has 4 heteroatoms. The highest BCUT2D eigenvalue weighted by Crippen LogP contribution is 2.14. The molecule has 0 heterocycles. The summed E-state index contributed by atoms with van der Waals surface area (Å²) in [5, 5.41) is 17.2. The van der Waals surface area contributed by atoms with Gasteiger partial charge in [-0.2, -0.15) is 0 Å². The molecule has 0 aliphatic carbocycles. The Kier molecular flexibility index (Phi) is 5.30. The molecule has 0 bridgehead atoms. The minimum atomic E-state index is -0.719. The number of para-hydroxylation sites is 1. The lowest BCUT2D eigenvalue weighted by atomic mass is 10.2. The molecule has 0 aromatic heterocycles. The van der Waals surface area contributed by atoms with Gasteiger partial charge in [0, 0.05) is 0 Å². The van der Waals surface area contributed by atoms with Crippen LogP contribution in [-0.2, 0) is 0 Å². The molecular formula is C9H13NO3. The van der Waals surface area contributed by atoms with Crippen molar-refractivity contribution in [3.05, 3.63) is 29.8 Å². The van der Waals surface area contributed by atoms with Crippen LogP contribution in [0, 0.1) is 0 Å². The summed E-state index contributed by atoms with van der Waals surface area (Å²) in [6, 6.07) is 5.94. The van der Waals surface area contributed by atoms with E-state index in [1.807, 2.05) is 13.8 Å². The fourth-order valence-electron chi connectivity index (χ4n) is 0.726. The van der Waals surface area contributed by atoms with E-state index in [0.717, 1.165) is 0 Å². The Morgan fingerprint density at radius 2 is 1.85 bits per heavy atom. The van der Waals surface area contributed by atoms with E-state index in [2.05, 4.69) is 0 Å². The summed E-state index contributed by atoms with van der Waals surface area (Å²) in [6.07, 6.45) is 0. The summed E-state index contributed by atoms with van der Waals surface area (Å²) in [6.45, 7) is 4.00. The van der Waals surface area contributed by atoms with Crippen LogP contribution in [0.1, 0.15) is 24.2 Å². The lowest BCUT2D eigenvalue weighted by Crippen LogP contribution is -2.18. The number of aromatic hydroxyl groups is 1. The van der Waals surface area contributed by atoms with Crippen LogP contribution in [0.5, 0.6) is 5.75 Å². The maximum Gasteiger partial charge on any atom is 0.278 e. The Morgan fingerprint density at radius 3 is 2.31 bits per heavy atom. The zero-order valence-corrected chi connectivity index (χ0v) is 7.61. The molecule has 13 heavy (non-hydrogen) atoms. The monoisotopic (exact) mass is 183 g/mol. The Morgan fingerprint density at radius 1 is 1.31 bits per heavy atom. The maximum absolute atomic E-state index is 10.7. The van der Waals surface area contributed by atoms with Crippen LogP contribution in [0.4, 0.5) is 0 Å². The quantitative estimate of drug-likeness (QED) is 0.457. The molecule has 1 aromatic rings. The molecule has 1 aromatic carbocycles. The number of phenols is 1. The number of hydrogen-bond donors (Lipinski definition) is 3. The zero-order chi connectivity index (χ0) is 10.3. The van der Waals surface area contributed by atoms with E-state index in [0.29, 0.717) is 0 Å². The van der Waals surface area contributed by atoms with Crippen LogP contribution in [0.15, 0.2) is 24.3 Å². The first-order valence-electron chi connectivity index (χ1n) is 3.98. The predicted octanol–water partition coefficient (Wildman–Crippen LogP) is 1.54. The van der Waals surface area contributed by atoms with Crippen molar-refractivity contribution in [3.63, 3.8) is 0 Å². The van der Waals surface area contributed by atoms with Gasteiger partial charge in [0.15, 0.2) is 0 Å². The van der Waals surface area contributed by atoms with Crippen molar-refractivity contribution in [2.24, 2.45) is 0 Å². The Labute approximate surface area is 76.8 Å². The van der Waals surface area contributed by atoms with Crippen molar-refractivity contribution in [2.45, 2.75) is 13.8 Å². The molecule has 1 rings (SSSR count). The molecule has 0 saturated heterocycles. The van der Waals surface area contributed by atoms with E-state index >= 15 is 0 Å². The molecule has 0 aliphatic heterocycles. The number of rotatable bonds is 1. The number of hydrogen-bond acceptors (Lipinski definition) is 3. The SMILES string of the molecule is CC.O=C(NO)c1ccccc1O. The number of nitrogens with one attached hydrogen (secondary N) is 1. The van der Waals surface area contributed by atoms with Crippen molar-refractivity contribution in [1.29, 1.82) is 0 Å². The molecule has 0 unspecified atom stereocenters. The van der Waals surface area contributed by atoms with Crippen molar-refractivity contribution >= 4 is 5.91 Å². The van der Waals surface area contributed by atoms with Gasteiger partial charge in [-0.05, 0) is 12.1 Å². The van der Waals surface area contributed by atoms with Crippen LogP contribution < -0.4 is 5.48 Å². The third kappa shape index (κ3) is 3.13. The molecular weight excluding hydrogens is 170 g/mol. The Balaban J connectivity index is 0.000000671. The number of amides is 1. The van der Waals surface area contributed by atoms with Crippen LogP contribution in [0.2, 0.25) is 0 Å². The van der Waals surface area contributed by atoms with E-state index < -0.39 is 5.91 Å². The van der Waals surface area contributed by atoms with Gasteiger partial charge in [-0.3, -0.25) is 10.0 Å². The van der Waals surface area contributed by atoms with Gasteiger partial charge >= 0.3 is 0 Å². The first-order valence-corrected chi connectivity index (χ1v) is 3.98. The van der Waals surface area contributed by atoms with Gasteiger partial charge < -0.3 is 5.11 Å². The molecule has 0 atom stereocenters. The summed E-state index contributed by atoms with van der Waals surface area (Å²) in [5.74, 6) is -0.873. The topological polar surface area (TPSA) is 69.6 Å². The summed E-state index contributed by atoms with van der Waals surface area (Å²) in [4.78, 5) is 10.7. The van der Waals surface area contributed by atoms with Crippen molar-refractivity contribution in [3.8, 4) is 5.75 Å². The van der Waals surface area contributed by atoms with Crippen molar-refractivity contribution in [1.82, 2.24) is 5.48 Å². The maximum atomic E-state index is 10.7. The number of benzene rings is 1. The highest BCUT2D eigenvalue weighted by molar-refractivity contribution is 5.95.